The summed E-state index contributed by atoms with van der Waals surface area (Å²) in [6.45, 7) is 24.7. The molecule has 143 heavy (non-hydrogen) atoms. The predicted octanol–water partition coefficient (Wildman–Crippen LogP) is 9.36. The van der Waals surface area contributed by atoms with E-state index in [1.807, 2.05) is 197 Å². The van der Waals surface area contributed by atoms with Gasteiger partial charge in [-0.2, -0.15) is 5.26 Å². The van der Waals surface area contributed by atoms with Gasteiger partial charge in [0.2, 0.25) is 65.0 Å². The lowest BCUT2D eigenvalue weighted by Gasteiger charge is -2.23. The van der Waals surface area contributed by atoms with Crippen molar-refractivity contribution in [1.29, 1.82) is 5.26 Å². The number of amides is 11. The first-order valence-electron chi connectivity index (χ1n) is 49.2. The highest BCUT2D eigenvalue weighted by Gasteiger charge is 2.39. The normalized spacial score (nSPS) is 18.3. The first-order valence-corrected chi connectivity index (χ1v) is 49.2. The first-order chi connectivity index (χ1) is 67.9. The standard InChI is InChI=1S/C24H32N2O5.C23H31N3O4.C23H29N3O3.C15H26N2O4.C14H25N3O4.C9H8O2/c1-16(2)13-19(14-20(27)10-9-17-7-5-4-6-8-17)23(29)26-21(24(30)31-3)15-18-11-12-25-22(18)28;1-15(2)12-18(13-19(27)9-8-16-6-4-3-5-7-16)23(30)26-20(21(24)28)14-17-10-11-25-22(17)29;1-16(2)12-19(14-21(27)9-8-17-6-4-3-5-7-17)23(29)26-20(15-24)13-18-10-11-25-22(18)28;1-9(2)7-10(3)13(18)17-12(15(20)21-4)8-11-5-6-16-14(11)19;1-8(2)6-10(15)13(19)17-11(14(20)21-3)7-9-4-5-16-12(9)18;10-9(11)7-6-8-4-2-1-3-5-8/h4-10,16,18-19,21H,11-15H2,1-3H3,(H,25,28)(H,26,29);3-9,15,17-18,20H,10-14H2,1-2H3,(H2,24,28)(H,25,29)(H,26,30);3-9,16,18-20H,10-14H2,1-2H3,(H,25,28)(H,26,29);9-12H,5-8H2,1-4H3,(H,16,19)(H,17,18);8-11H,4-7,15H2,1-3H3,(H,16,18)(H,17,19);1-7H,(H,10,11)/b10-9+;2*9-8+;;;7-6+/t18-,19+,21-;17-,18+,20-;18-,19+,20-;10-,11-,12-;9-,10-,11-;/m00000./s1. The molecule has 9 rings (SSSR count). The molecule has 5 aliphatic heterocycles. The molecule has 15 N–H and O–H groups in total. The summed E-state index contributed by atoms with van der Waals surface area (Å²) in [5, 5.41) is 44.8. The second-order valence-corrected chi connectivity index (χ2v) is 38.5. The summed E-state index contributed by atoms with van der Waals surface area (Å²) in [5.74, 6) is -7.76. The first kappa shape index (κ1) is 122. The molecular weight excluding hydrogens is 1830 g/mol. The number of aliphatic carboxylic acids is 1. The lowest BCUT2D eigenvalue weighted by atomic mass is 9.90. The van der Waals surface area contributed by atoms with Crippen molar-refractivity contribution in [3.05, 3.63) is 168 Å². The fourth-order valence-electron chi connectivity index (χ4n) is 16.6. The van der Waals surface area contributed by atoms with E-state index in [-0.39, 0.29) is 168 Å². The average molecular weight is 1980 g/mol. The van der Waals surface area contributed by atoms with Crippen molar-refractivity contribution in [3.63, 3.8) is 0 Å². The second-order valence-electron chi connectivity index (χ2n) is 38.5. The van der Waals surface area contributed by atoms with Crippen molar-refractivity contribution in [2.75, 3.05) is 54.1 Å². The van der Waals surface area contributed by atoms with Crippen molar-refractivity contribution < 1.29 is 106 Å². The van der Waals surface area contributed by atoms with Crippen LogP contribution in [0.3, 0.4) is 0 Å². The summed E-state index contributed by atoms with van der Waals surface area (Å²) in [7, 11) is 3.79. The Bertz CT molecular complexity index is 4890. The van der Waals surface area contributed by atoms with Gasteiger partial charge in [-0.05, 0) is 172 Å². The summed E-state index contributed by atoms with van der Waals surface area (Å²) in [4.78, 5) is 217. The van der Waals surface area contributed by atoms with Crippen molar-refractivity contribution in [2.45, 2.75) is 228 Å². The van der Waals surface area contributed by atoms with Gasteiger partial charge in [-0.3, -0.25) is 67.1 Å². The van der Waals surface area contributed by atoms with Crippen LogP contribution in [-0.2, 0) is 101 Å². The Labute approximate surface area is 840 Å². The van der Waals surface area contributed by atoms with E-state index in [1.165, 1.54) is 39.6 Å². The number of nitrogens with two attached hydrogens (primary N) is 2. The third-order valence-electron chi connectivity index (χ3n) is 24.0. The maximum absolute atomic E-state index is 13.0. The highest BCUT2D eigenvalue weighted by atomic mass is 16.5. The number of nitrogens with zero attached hydrogens (tertiary/aromatic N) is 1. The van der Waals surface area contributed by atoms with Crippen LogP contribution in [0.25, 0.3) is 24.3 Å². The molecule has 5 fully saturated rings. The molecule has 0 radical (unpaired) electrons. The molecule has 11 amide bonds. The van der Waals surface area contributed by atoms with Gasteiger partial charge in [0.25, 0.3) is 0 Å². The molecule has 35 nitrogen and oxygen atoms in total. The number of benzene rings is 4. The van der Waals surface area contributed by atoms with Crippen LogP contribution in [0.1, 0.15) is 214 Å². The number of primary amides is 1. The topological polar surface area (TPSA) is 551 Å². The van der Waals surface area contributed by atoms with Crippen LogP contribution < -0.4 is 64.6 Å². The molecule has 0 unspecified atom stereocenters. The number of carboxylic acids is 1. The lowest BCUT2D eigenvalue weighted by Crippen LogP contribution is -2.50. The number of nitrogens with one attached hydrogen (secondary N) is 10. The van der Waals surface area contributed by atoms with E-state index < -0.39 is 89.7 Å². The molecule has 35 heteroatoms. The number of carbonyl (C=O) groups excluding carboxylic acids is 17. The van der Waals surface area contributed by atoms with Gasteiger partial charge in [0, 0.05) is 111 Å². The number of esters is 3. The Hall–Kier alpha value is -13.7. The van der Waals surface area contributed by atoms with Crippen LogP contribution in [0, 0.1) is 94.2 Å². The summed E-state index contributed by atoms with van der Waals surface area (Å²) < 4.78 is 14.3. The number of ketones is 3. The molecule has 4 aromatic rings. The summed E-state index contributed by atoms with van der Waals surface area (Å²) in [6, 6.07) is 34.9. The maximum Gasteiger partial charge on any atom is 0.328 e. The van der Waals surface area contributed by atoms with Crippen LogP contribution in [0.4, 0.5) is 0 Å². The van der Waals surface area contributed by atoms with Gasteiger partial charge in [0.05, 0.1) is 33.4 Å². The second kappa shape index (κ2) is 66.2. The zero-order valence-electron chi connectivity index (χ0n) is 85.1. The Morgan fingerprint density at radius 2 is 0.615 bits per heavy atom. The van der Waals surface area contributed by atoms with Gasteiger partial charge < -0.3 is 84.0 Å². The van der Waals surface area contributed by atoms with Crippen molar-refractivity contribution in [3.8, 4) is 6.07 Å². The quantitative estimate of drug-likeness (QED) is 0.0111. The Balaban J connectivity index is 0.000000365. The van der Waals surface area contributed by atoms with Crippen LogP contribution in [-0.4, -0.2) is 202 Å². The minimum Gasteiger partial charge on any atom is -0.478 e. The molecule has 5 heterocycles. The molecule has 780 valence electrons. The van der Waals surface area contributed by atoms with Gasteiger partial charge in [-0.15, -0.1) is 0 Å². The molecule has 0 bridgehead atoms. The van der Waals surface area contributed by atoms with Crippen LogP contribution in [0.2, 0.25) is 0 Å². The fraction of sp³-hybridized carbons (Fsp3) is 0.528. The van der Waals surface area contributed by atoms with E-state index in [2.05, 4.69) is 59.2 Å². The largest absolute Gasteiger partial charge is 0.478 e. The lowest BCUT2D eigenvalue weighted by molar-refractivity contribution is -0.146. The summed E-state index contributed by atoms with van der Waals surface area (Å²) in [6.07, 6.45) is 19.8. The molecular formula is C108H151N13O22. The zero-order chi connectivity index (χ0) is 106. The van der Waals surface area contributed by atoms with Gasteiger partial charge >= 0.3 is 23.9 Å². The van der Waals surface area contributed by atoms with E-state index >= 15 is 0 Å². The van der Waals surface area contributed by atoms with Crippen molar-refractivity contribution in [2.24, 2.45) is 94.3 Å². The van der Waals surface area contributed by atoms with Crippen LogP contribution >= 0.6 is 0 Å². The minimum absolute atomic E-state index is 0.0444. The SMILES string of the molecule is CC(C)C[C@H](CC(=O)/C=C/c1ccccc1)C(=O)N[C@@H](C[C@@H]1CCNC1=O)C(N)=O.CC(C)C[C@H](CC(=O)/C=C/c1ccccc1)C(=O)N[C@H](C#N)C[C@@H]1CCNC1=O.COC(=O)[C@H](C[C@@H]1CCNC1=O)NC(=O)[C@@H](C)CC(C)C.COC(=O)[C@H](C[C@@H]1CCNC1=O)NC(=O)[C@@H](CC(=O)/C=C/c1ccccc1)CC(C)C.COC(=O)[C@H](C[C@@H]1CCNC1=O)NC(=O)[C@@H](N)CC(C)C.O=C(O)/C=C/c1ccccc1. The molecule has 15 atom stereocenters. The molecule has 0 aromatic heterocycles. The molecule has 0 aliphatic carbocycles. The zero-order valence-corrected chi connectivity index (χ0v) is 85.1. The number of rotatable bonds is 48. The number of allylic oxidation sites excluding steroid dienone is 3. The Kier molecular flexibility index (Phi) is 56.3. The van der Waals surface area contributed by atoms with Crippen molar-refractivity contribution in [1.82, 2.24) is 53.2 Å². The minimum atomic E-state index is -0.934. The third kappa shape index (κ3) is 49.1. The van der Waals surface area contributed by atoms with Gasteiger partial charge in [-0.25, -0.2) is 19.2 Å². The predicted molar refractivity (Wildman–Crippen MR) is 542 cm³/mol. The summed E-state index contributed by atoms with van der Waals surface area (Å²) in [5.41, 5.74) is 14.9. The molecule has 4 aromatic carbocycles. The van der Waals surface area contributed by atoms with Crippen LogP contribution in [0.5, 0.6) is 0 Å². The van der Waals surface area contributed by atoms with Gasteiger partial charge in [-0.1, -0.05) is 216 Å². The number of carbonyl (C=O) groups is 18. The van der Waals surface area contributed by atoms with E-state index in [9.17, 15) is 91.6 Å². The third-order valence-corrected chi connectivity index (χ3v) is 24.0. The average Bonchev–Trinajstić information content (AvgIpc) is 1.84. The van der Waals surface area contributed by atoms with E-state index in [4.69, 9.17) is 30.8 Å². The number of ether oxygens (including phenoxy) is 3. The van der Waals surface area contributed by atoms with Crippen LogP contribution in [0.15, 0.2) is 146 Å². The Morgan fingerprint density at radius 1 is 0.364 bits per heavy atom. The number of hydrogen-bond acceptors (Lipinski definition) is 23. The van der Waals surface area contributed by atoms with E-state index in [0.29, 0.717) is 109 Å². The summed E-state index contributed by atoms with van der Waals surface area (Å²) >= 11 is 0. The monoisotopic (exact) mass is 1980 g/mol. The molecule has 0 spiro atoms. The highest BCUT2D eigenvalue weighted by molar-refractivity contribution is 6.00. The fourth-order valence-corrected chi connectivity index (χ4v) is 16.6. The van der Waals surface area contributed by atoms with Gasteiger partial charge in [0.1, 0.15) is 30.2 Å². The smallest absolute Gasteiger partial charge is 0.328 e. The molecule has 5 saturated heterocycles. The highest BCUT2D eigenvalue weighted by Crippen LogP contribution is 2.27. The Morgan fingerprint density at radius 3 is 0.867 bits per heavy atom. The number of hydrogen-bond donors (Lipinski definition) is 13. The number of carboxylic acid groups (broad SMARTS) is 1. The number of nitriles is 1. The van der Waals surface area contributed by atoms with Crippen molar-refractivity contribution >= 4 is 131 Å². The van der Waals surface area contributed by atoms with E-state index in [0.717, 1.165) is 34.8 Å². The maximum atomic E-state index is 13.0. The van der Waals surface area contributed by atoms with Gasteiger partial charge in [0.15, 0.2) is 17.3 Å². The molecule has 0 saturated carbocycles. The van der Waals surface area contributed by atoms with E-state index in [1.54, 1.807) is 24.3 Å². The number of methoxy groups -OCH3 is 3. The molecule has 5 aliphatic rings.